The molecular weight excluding hydrogens is 538 g/mol. The number of aliphatic hydroxyl groups excluding tert-OH is 2. The molecule has 1 heterocycles. The van der Waals surface area contributed by atoms with Crippen molar-refractivity contribution in [2.45, 2.75) is 92.5 Å². The van der Waals surface area contributed by atoms with Crippen molar-refractivity contribution >= 4 is 0 Å². The number of aliphatic hydroxyl groups is 2. The molecule has 0 saturated heterocycles. The molecule has 3 aromatic carbocycles. The Bertz CT molecular complexity index is 1470. The largest absolute Gasteiger partial charge is 0.507 e. The number of hydrogen-bond acceptors (Lipinski definition) is 7. The molecule has 228 valence electrons. The molecular formula is C36H45N3O4. The van der Waals surface area contributed by atoms with Crippen molar-refractivity contribution in [1.29, 1.82) is 0 Å². The van der Waals surface area contributed by atoms with Crippen molar-refractivity contribution < 1.29 is 20.1 Å². The molecule has 7 nitrogen and oxygen atoms in total. The van der Waals surface area contributed by atoms with E-state index < -0.39 is 12.4 Å². The lowest BCUT2D eigenvalue weighted by atomic mass is 9.93. The minimum absolute atomic E-state index is 0.102. The van der Waals surface area contributed by atoms with Crippen LogP contribution in [0, 0.1) is 33.6 Å². The van der Waals surface area contributed by atoms with E-state index in [1.54, 1.807) is 12.1 Å². The highest BCUT2D eigenvalue weighted by Crippen LogP contribution is 2.35. The Morgan fingerprint density at radius 3 is 1.77 bits per heavy atom. The molecule has 7 heteroatoms. The topological polar surface area (TPSA) is 109 Å². The van der Waals surface area contributed by atoms with Crippen molar-refractivity contribution in [2.24, 2.45) is 5.92 Å². The normalized spacial score (nSPS) is 13.5. The molecule has 0 aliphatic heterocycles. The number of ether oxygens (including phenoxy) is 1. The van der Waals surface area contributed by atoms with E-state index in [-0.39, 0.29) is 11.5 Å². The van der Waals surface area contributed by atoms with Crippen LogP contribution in [0.2, 0.25) is 0 Å². The van der Waals surface area contributed by atoms with Gasteiger partial charge in [-0.1, -0.05) is 75.9 Å². The van der Waals surface area contributed by atoms with Crippen LogP contribution < -0.4 is 4.74 Å². The van der Waals surface area contributed by atoms with Crippen LogP contribution >= 0.6 is 0 Å². The number of unbranched alkanes of at least 4 members (excludes halogenated alkanes) is 1. The quantitative estimate of drug-likeness (QED) is 0.137. The fourth-order valence-electron chi connectivity index (χ4n) is 5.31. The van der Waals surface area contributed by atoms with Crippen molar-refractivity contribution in [3.05, 3.63) is 76.9 Å². The van der Waals surface area contributed by atoms with Gasteiger partial charge in [0.05, 0.1) is 5.56 Å². The van der Waals surface area contributed by atoms with Gasteiger partial charge in [-0.3, -0.25) is 0 Å². The van der Waals surface area contributed by atoms with Gasteiger partial charge in [-0.05, 0) is 80.8 Å². The van der Waals surface area contributed by atoms with Gasteiger partial charge in [0.1, 0.15) is 17.6 Å². The average Bonchev–Trinajstić information content (AvgIpc) is 2.99. The fourth-order valence-corrected chi connectivity index (χ4v) is 5.31. The molecule has 3 N–H and O–H groups in total. The maximum atomic E-state index is 11.1. The van der Waals surface area contributed by atoms with E-state index in [2.05, 4.69) is 39.8 Å². The summed E-state index contributed by atoms with van der Waals surface area (Å²) < 4.78 is 5.63. The number of benzene rings is 3. The van der Waals surface area contributed by atoms with Crippen LogP contribution in [0.5, 0.6) is 11.5 Å². The highest BCUT2D eigenvalue weighted by atomic mass is 16.6. The van der Waals surface area contributed by atoms with Crippen LogP contribution in [-0.2, 0) is 0 Å². The van der Waals surface area contributed by atoms with Crippen LogP contribution in [0.15, 0.2) is 54.6 Å². The lowest BCUT2D eigenvalue weighted by molar-refractivity contribution is -0.107. The van der Waals surface area contributed by atoms with E-state index >= 15 is 0 Å². The van der Waals surface area contributed by atoms with E-state index in [4.69, 9.17) is 19.7 Å². The van der Waals surface area contributed by atoms with Crippen LogP contribution in [0.25, 0.3) is 34.2 Å². The second-order valence-corrected chi connectivity index (χ2v) is 11.5. The zero-order chi connectivity index (χ0) is 31.1. The molecule has 3 atom stereocenters. The van der Waals surface area contributed by atoms with Gasteiger partial charge in [-0.2, -0.15) is 0 Å². The van der Waals surface area contributed by atoms with Crippen LogP contribution in [-0.4, -0.2) is 42.7 Å². The molecule has 0 amide bonds. The van der Waals surface area contributed by atoms with Crippen LogP contribution in [0.4, 0.5) is 0 Å². The number of rotatable bonds is 13. The van der Waals surface area contributed by atoms with E-state index in [1.165, 1.54) is 12.5 Å². The summed E-state index contributed by atoms with van der Waals surface area (Å²) in [5.74, 6) is 2.02. The second kappa shape index (κ2) is 14.6. The molecule has 1 aromatic heterocycles. The summed E-state index contributed by atoms with van der Waals surface area (Å²) in [6.45, 7) is 12.5. The standard InChI is InChI=1S/C36H45N3O4/c1-7-9-14-26(8-2)17-20-31(40)36(42)43-27-18-19-30(32(41)21-27)35-38-33(28-15-10-12-22(3)24(28)5)37-34(39-35)29-16-11-13-23(4)25(29)6/h10-13,15-16,18-19,21,26,31,36,40-42H,7-9,14,17,20H2,1-6H3. The van der Waals surface area contributed by atoms with E-state index in [9.17, 15) is 15.3 Å². The molecule has 0 radical (unpaired) electrons. The van der Waals surface area contributed by atoms with Gasteiger partial charge in [0.15, 0.2) is 17.5 Å². The van der Waals surface area contributed by atoms with Crippen molar-refractivity contribution in [2.75, 3.05) is 0 Å². The lowest BCUT2D eigenvalue weighted by Gasteiger charge is -2.22. The molecule has 0 fully saturated rings. The van der Waals surface area contributed by atoms with E-state index in [0.717, 1.165) is 59.1 Å². The Hall–Kier alpha value is -3.81. The van der Waals surface area contributed by atoms with Crippen LogP contribution in [0.3, 0.4) is 0 Å². The Morgan fingerprint density at radius 2 is 1.26 bits per heavy atom. The average molecular weight is 584 g/mol. The number of aryl methyl sites for hydroxylation is 2. The molecule has 43 heavy (non-hydrogen) atoms. The van der Waals surface area contributed by atoms with E-state index in [1.807, 2.05) is 38.1 Å². The van der Waals surface area contributed by atoms with E-state index in [0.29, 0.717) is 35.4 Å². The smallest absolute Gasteiger partial charge is 0.223 e. The molecule has 4 rings (SSSR count). The van der Waals surface area contributed by atoms with Gasteiger partial charge < -0.3 is 20.1 Å². The highest BCUT2D eigenvalue weighted by molar-refractivity contribution is 5.72. The zero-order valence-corrected chi connectivity index (χ0v) is 26.3. The molecule has 0 spiro atoms. The number of hydrogen-bond donors (Lipinski definition) is 3. The van der Waals surface area contributed by atoms with Gasteiger partial charge in [0.25, 0.3) is 0 Å². The first kappa shape index (κ1) is 32.1. The Labute approximate surface area is 255 Å². The molecule has 0 aliphatic carbocycles. The summed E-state index contributed by atoms with van der Waals surface area (Å²) in [6, 6.07) is 16.8. The second-order valence-electron chi connectivity index (χ2n) is 11.5. The summed E-state index contributed by atoms with van der Waals surface area (Å²) in [4.78, 5) is 14.5. The monoisotopic (exact) mass is 583 g/mol. The predicted molar refractivity (Wildman–Crippen MR) is 172 cm³/mol. The molecule has 4 aromatic rings. The van der Waals surface area contributed by atoms with Crippen molar-refractivity contribution in [1.82, 2.24) is 15.0 Å². The van der Waals surface area contributed by atoms with Gasteiger partial charge in [-0.15, -0.1) is 0 Å². The number of phenolic OH excluding ortho intramolecular Hbond substituents is 1. The number of aromatic nitrogens is 3. The first-order valence-corrected chi connectivity index (χ1v) is 15.4. The first-order valence-electron chi connectivity index (χ1n) is 15.4. The summed E-state index contributed by atoms with van der Waals surface area (Å²) in [7, 11) is 0. The lowest BCUT2D eigenvalue weighted by Crippen LogP contribution is -2.31. The minimum atomic E-state index is -1.40. The Morgan fingerprint density at radius 1 is 0.698 bits per heavy atom. The van der Waals surface area contributed by atoms with Crippen molar-refractivity contribution in [3.8, 4) is 45.7 Å². The van der Waals surface area contributed by atoms with Gasteiger partial charge in [0, 0.05) is 17.2 Å². The Kier molecular flexibility index (Phi) is 10.9. The number of nitrogens with zero attached hydrogens (tertiary/aromatic N) is 3. The minimum Gasteiger partial charge on any atom is -0.507 e. The third kappa shape index (κ3) is 7.78. The highest BCUT2D eigenvalue weighted by Gasteiger charge is 2.22. The first-order chi connectivity index (χ1) is 20.6. The predicted octanol–water partition coefficient (Wildman–Crippen LogP) is 7.87. The fraction of sp³-hybridized carbons (Fsp3) is 0.417. The number of aromatic hydroxyl groups is 1. The molecule has 0 bridgehead atoms. The van der Waals surface area contributed by atoms with Gasteiger partial charge >= 0.3 is 0 Å². The van der Waals surface area contributed by atoms with Gasteiger partial charge in [0.2, 0.25) is 6.29 Å². The summed E-state index contributed by atoms with van der Waals surface area (Å²) in [5, 5.41) is 32.2. The summed E-state index contributed by atoms with van der Waals surface area (Å²) >= 11 is 0. The zero-order valence-electron chi connectivity index (χ0n) is 26.3. The maximum absolute atomic E-state index is 11.1. The maximum Gasteiger partial charge on any atom is 0.223 e. The third-order valence-corrected chi connectivity index (χ3v) is 8.54. The molecule has 0 saturated carbocycles. The Balaban J connectivity index is 1.63. The summed E-state index contributed by atoms with van der Waals surface area (Å²) in [6.07, 6.45) is 3.33. The van der Waals surface area contributed by atoms with Crippen LogP contribution in [0.1, 0.15) is 74.6 Å². The number of phenols is 1. The SMILES string of the molecule is CCCCC(CC)CCC(O)C(O)Oc1ccc(-c2nc(-c3cccc(C)c3C)nc(-c3cccc(C)c3C)n2)c(O)c1. The van der Waals surface area contributed by atoms with Gasteiger partial charge in [-0.25, -0.2) is 15.0 Å². The summed E-state index contributed by atoms with van der Waals surface area (Å²) in [5.41, 5.74) is 6.60. The van der Waals surface area contributed by atoms with Crippen molar-refractivity contribution in [3.63, 3.8) is 0 Å². The molecule has 3 unspecified atom stereocenters. The third-order valence-electron chi connectivity index (χ3n) is 8.54. The molecule has 0 aliphatic rings.